The number of carbonyl (C=O) groups is 13. The Hall–Kier alpha value is -7.80. The summed E-state index contributed by atoms with van der Waals surface area (Å²) in [5, 5.41) is 54.2. The van der Waals surface area contributed by atoms with Crippen LogP contribution in [0.15, 0.2) is 12.5 Å². The van der Waals surface area contributed by atoms with Crippen LogP contribution in [0.1, 0.15) is 84.8 Å². The summed E-state index contributed by atoms with van der Waals surface area (Å²) >= 11 is 0. The molecule has 4 rings (SSSR count). The molecule has 0 spiro atoms. The number of nitrogens with one attached hydrogen (secondary N) is 7. The van der Waals surface area contributed by atoms with Crippen LogP contribution in [0.4, 0.5) is 0 Å². The number of hydrogen-bond acceptors (Lipinski definition) is 17. The molecule has 3 aliphatic rings. The maximum absolute atomic E-state index is 14.2. The number of carbonyl (C=O) groups excluding carboxylic acids is 11. The molecule has 11 amide bonds. The van der Waals surface area contributed by atoms with Crippen molar-refractivity contribution < 1.29 is 82.8 Å². The second kappa shape index (κ2) is 27.8. The summed E-state index contributed by atoms with van der Waals surface area (Å²) in [6, 6.07) is -13.3. The molecule has 11 atom stereocenters. The van der Waals surface area contributed by atoms with Crippen LogP contribution >= 0.6 is 0 Å². The monoisotopic (exact) mass is 1090 g/mol. The minimum atomic E-state index is -1.81. The quantitative estimate of drug-likeness (QED) is 0.0389. The first-order valence-corrected chi connectivity index (χ1v) is 24.9. The SMILES string of the molecule is CC(C)C[C@H](NC(=O)[C@@H]1CCCN1C(=O)[C@H](CC(N)=O)NC(=O)[C@@H]1C[C@@H](O)CN1C(=O)CNC(=O)[C@H](CC(=O)O)NC(=O)[C@@H]1C[C@@H](O)CN1C(=O)[C@@H](N)C(C)C)C(=O)N[C@@H](Cc1c[nH]cn1)C(=O)N[C@@H](CC(N)=O)C(=O)O. The van der Waals surface area contributed by atoms with Crippen LogP contribution in [0.25, 0.3) is 0 Å². The molecule has 1 aromatic heterocycles. The number of H-pyrrole nitrogens is 1. The van der Waals surface area contributed by atoms with Gasteiger partial charge in [0.05, 0.1) is 56.1 Å². The Morgan fingerprint density at radius 2 is 1.19 bits per heavy atom. The molecule has 426 valence electrons. The number of likely N-dealkylation sites (tertiary alicyclic amines) is 3. The fraction of sp³-hybridized carbons (Fsp3) is 0.652. The van der Waals surface area contributed by atoms with E-state index in [-0.39, 0.29) is 62.7 Å². The smallest absolute Gasteiger partial charge is 0.326 e. The summed E-state index contributed by atoms with van der Waals surface area (Å²) in [6.07, 6.45) is -2.92. The molecule has 3 saturated heterocycles. The van der Waals surface area contributed by atoms with Gasteiger partial charge in [-0.3, -0.25) is 57.5 Å². The number of imidazole rings is 1. The second-order valence-electron chi connectivity index (χ2n) is 20.0. The van der Waals surface area contributed by atoms with E-state index in [0.29, 0.717) is 0 Å². The number of amides is 11. The molecular formula is C46H70N14O17. The summed E-state index contributed by atoms with van der Waals surface area (Å²) in [5.41, 5.74) is 16.9. The Balaban J connectivity index is 1.45. The molecular weight excluding hydrogens is 1020 g/mol. The van der Waals surface area contributed by atoms with E-state index in [9.17, 15) is 82.8 Å². The van der Waals surface area contributed by atoms with Gasteiger partial charge >= 0.3 is 11.9 Å². The van der Waals surface area contributed by atoms with Crippen molar-refractivity contribution in [2.45, 2.75) is 152 Å². The number of aliphatic hydroxyl groups excluding tert-OH is 2. The number of hydrogen-bond donors (Lipinski definition) is 14. The molecule has 3 fully saturated rings. The highest BCUT2D eigenvalue weighted by Gasteiger charge is 2.45. The lowest BCUT2D eigenvalue weighted by Crippen LogP contribution is -2.60. The zero-order chi connectivity index (χ0) is 57.6. The standard InChI is InChI=1S/C46H70N14O17/c1-20(2)8-25(39(69)53-26(9-22-15-50-19-52-22)40(70)57-29(46(76)77)13-34(48)64)54-41(71)30-6-5-7-58(30)44(74)28(12-33(47)63)56-42(72)31-10-23(61)17-59(31)35(65)16-51-38(68)27(14-36(66)67)55-43(73)32-11-24(62)18-60(32)45(75)37(49)21(3)4/h15,19-21,23-32,37,61-62H,5-14,16-18,49H2,1-4H3,(H2,47,63)(H2,48,64)(H,50,52)(H,51,68)(H,53,69)(H,54,71)(H,55,73)(H,56,72)(H,57,70)(H,66,67)(H,76,77)/t23-,24-,25+,26+,27+,28+,29+,30+,31+,32+,37+/m1/s1. The van der Waals surface area contributed by atoms with Gasteiger partial charge in [-0.15, -0.1) is 0 Å². The highest BCUT2D eigenvalue weighted by atomic mass is 16.4. The van der Waals surface area contributed by atoms with Crippen LogP contribution in [0, 0.1) is 11.8 Å². The molecule has 0 unspecified atom stereocenters. The average molecular weight is 1090 g/mol. The van der Waals surface area contributed by atoms with E-state index in [1.165, 1.54) is 12.5 Å². The summed E-state index contributed by atoms with van der Waals surface area (Å²) in [6.45, 7) is 5.10. The number of aliphatic hydroxyl groups is 2. The molecule has 0 aliphatic carbocycles. The van der Waals surface area contributed by atoms with Gasteiger partial charge in [0, 0.05) is 45.1 Å². The maximum atomic E-state index is 14.2. The highest BCUT2D eigenvalue weighted by Crippen LogP contribution is 2.24. The van der Waals surface area contributed by atoms with Crippen molar-refractivity contribution in [1.82, 2.24) is 56.6 Å². The molecule has 4 heterocycles. The Kier molecular flexibility index (Phi) is 22.3. The second-order valence-corrected chi connectivity index (χ2v) is 20.0. The van der Waals surface area contributed by atoms with E-state index >= 15 is 0 Å². The first kappa shape index (κ1) is 61.7. The van der Waals surface area contributed by atoms with Crippen molar-refractivity contribution in [3.63, 3.8) is 0 Å². The lowest BCUT2D eigenvalue weighted by molar-refractivity contribution is -0.145. The van der Waals surface area contributed by atoms with Gasteiger partial charge in [-0.2, -0.15) is 0 Å². The van der Waals surface area contributed by atoms with Gasteiger partial charge in [-0.1, -0.05) is 27.7 Å². The van der Waals surface area contributed by atoms with E-state index in [4.69, 9.17) is 17.2 Å². The predicted octanol–water partition coefficient (Wildman–Crippen LogP) is -7.25. The summed E-state index contributed by atoms with van der Waals surface area (Å²) in [5.74, 6) is -14.4. The number of rotatable bonds is 27. The third kappa shape index (κ3) is 17.6. The average Bonchev–Trinajstić information content (AvgIpc) is 4.19. The van der Waals surface area contributed by atoms with Crippen LogP contribution in [0.2, 0.25) is 0 Å². The van der Waals surface area contributed by atoms with E-state index in [1.807, 2.05) is 0 Å². The molecule has 17 N–H and O–H groups in total. The lowest BCUT2D eigenvalue weighted by atomic mass is 10.0. The minimum absolute atomic E-state index is 0.0107. The first-order chi connectivity index (χ1) is 36.1. The Morgan fingerprint density at radius 3 is 1.74 bits per heavy atom. The zero-order valence-corrected chi connectivity index (χ0v) is 43.0. The topological polar surface area (TPSA) is 491 Å². The number of carboxylic acids is 2. The number of aromatic nitrogens is 2. The summed E-state index contributed by atoms with van der Waals surface area (Å²) < 4.78 is 0. The molecule has 77 heavy (non-hydrogen) atoms. The van der Waals surface area contributed by atoms with Crippen LogP contribution in [-0.2, 0) is 68.7 Å². The van der Waals surface area contributed by atoms with Crippen molar-refractivity contribution in [3.05, 3.63) is 18.2 Å². The van der Waals surface area contributed by atoms with Crippen LogP contribution in [0.5, 0.6) is 0 Å². The van der Waals surface area contributed by atoms with Gasteiger partial charge in [0.25, 0.3) is 0 Å². The molecule has 0 saturated carbocycles. The third-order valence-corrected chi connectivity index (χ3v) is 13.0. The van der Waals surface area contributed by atoms with Gasteiger partial charge in [0.2, 0.25) is 65.0 Å². The van der Waals surface area contributed by atoms with Crippen molar-refractivity contribution in [2.24, 2.45) is 29.0 Å². The van der Waals surface area contributed by atoms with Crippen molar-refractivity contribution >= 4 is 76.9 Å². The fourth-order valence-corrected chi connectivity index (χ4v) is 9.07. The lowest BCUT2D eigenvalue weighted by Gasteiger charge is -2.31. The molecule has 31 heteroatoms. The third-order valence-electron chi connectivity index (χ3n) is 13.0. The van der Waals surface area contributed by atoms with Gasteiger partial charge in [-0.05, 0) is 31.1 Å². The molecule has 0 bridgehead atoms. The molecule has 1 aromatic rings. The molecule has 31 nitrogen and oxygen atoms in total. The van der Waals surface area contributed by atoms with Gasteiger partial charge < -0.3 is 89.2 Å². The number of aliphatic carboxylic acids is 2. The Morgan fingerprint density at radius 1 is 0.662 bits per heavy atom. The molecule has 0 aromatic carbocycles. The fourth-order valence-electron chi connectivity index (χ4n) is 9.07. The van der Waals surface area contributed by atoms with Crippen molar-refractivity contribution in [2.75, 3.05) is 26.2 Å². The minimum Gasteiger partial charge on any atom is -0.481 e. The highest BCUT2D eigenvalue weighted by molar-refractivity contribution is 6.00. The van der Waals surface area contributed by atoms with E-state index in [1.54, 1.807) is 27.7 Å². The predicted molar refractivity (Wildman–Crippen MR) is 262 cm³/mol. The number of carboxylic acid groups (broad SMARTS) is 2. The van der Waals surface area contributed by atoms with E-state index < -0.39 is 182 Å². The number of aromatic amines is 1. The maximum Gasteiger partial charge on any atom is 0.326 e. The van der Waals surface area contributed by atoms with Crippen LogP contribution in [0.3, 0.4) is 0 Å². The first-order valence-electron chi connectivity index (χ1n) is 24.9. The van der Waals surface area contributed by atoms with Gasteiger partial charge in [0.1, 0.15) is 48.3 Å². The van der Waals surface area contributed by atoms with Crippen molar-refractivity contribution in [1.29, 1.82) is 0 Å². The largest absolute Gasteiger partial charge is 0.481 e. The number of β-amino-alcohol motifs (C(OH)–C–C–N with tert-alkyl or cyclic N) is 2. The molecule has 3 aliphatic heterocycles. The number of primary amides is 2. The van der Waals surface area contributed by atoms with Crippen LogP contribution < -0.4 is 49.1 Å². The van der Waals surface area contributed by atoms with Crippen LogP contribution in [-0.4, -0.2) is 215 Å². The zero-order valence-electron chi connectivity index (χ0n) is 43.0. The Bertz CT molecular complexity index is 2390. The summed E-state index contributed by atoms with van der Waals surface area (Å²) in [7, 11) is 0. The van der Waals surface area contributed by atoms with E-state index in [2.05, 4.69) is 41.9 Å². The normalized spacial score (nSPS) is 21.5. The Labute approximate surface area is 440 Å². The molecule has 0 radical (unpaired) electrons. The number of nitrogens with two attached hydrogens (primary N) is 3. The van der Waals surface area contributed by atoms with Gasteiger partial charge in [-0.25, -0.2) is 9.78 Å². The van der Waals surface area contributed by atoms with Gasteiger partial charge in [0.15, 0.2) is 0 Å². The van der Waals surface area contributed by atoms with E-state index in [0.717, 1.165) is 14.7 Å². The summed E-state index contributed by atoms with van der Waals surface area (Å²) in [4.78, 5) is 180. The van der Waals surface area contributed by atoms with Crippen molar-refractivity contribution in [3.8, 4) is 0 Å². The number of nitrogens with zero attached hydrogens (tertiary/aromatic N) is 4.